The van der Waals surface area contributed by atoms with Gasteiger partial charge in [0, 0.05) is 23.3 Å². The fraction of sp³-hybridized carbons (Fsp3) is 0.214. The van der Waals surface area contributed by atoms with E-state index in [1.54, 1.807) is 19.2 Å². The van der Waals surface area contributed by atoms with Crippen molar-refractivity contribution in [2.45, 2.75) is 6.54 Å². The maximum absolute atomic E-state index is 11.4. The lowest BCUT2D eigenvalue weighted by molar-refractivity contribution is 0.0587. The summed E-state index contributed by atoms with van der Waals surface area (Å²) in [7, 11) is 2.86. The van der Waals surface area contributed by atoms with E-state index in [-0.39, 0.29) is 5.82 Å². The summed E-state index contributed by atoms with van der Waals surface area (Å²) in [5, 5.41) is 3.66. The maximum Gasteiger partial charge on any atom is 0.376 e. The summed E-state index contributed by atoms with van der Waals surface area (Å²) in [6, 6.07) is 7.06. The number of hydrogen-bond acceptors (Lipinski definition) is 6. The third-order valence-electron chi connectivity index (χ3n) is 2.77. The van der Waals surface area contributed by atoms with Crippen molar-refractivity contribution in [3.05, 3.63) is 46.9 Å². The lowest BCUT2D eigenvalue weighted by Crippen LogP contribution is -2.10. The van der Waals surface area contributed by atoms with Crippen molar-refractivity contribution in [2.75, 3.05) is 19.5 Å². The number of nitrogens with zero attached hydrogens (tertiary/aromatic N) is 2. The number of aromatic nitrogens is 2. The fourth-order valence-corrected chi connectivity index (χ4v) is 1.96. The Bertz CT molecular complexity index is 649. The minimum absolute atomic E-state index is 0.00590. The Kier molecular flexibility index (Phi) is 4.94. The Morgan fingerprint density at radius 3 is 2.86 bits per heavy atom. The first-order chi connectivity index (χ1) is 10.2. The fourth-order valence-electron chi connectivity index (χ4n) is 1.73. The number of esters is 1. The van der Waals surface area contributed by atoms with Gasteiger partial charge in [-0.2, -0.15) is 0 Å². The minimum atomic E-state index is -0.589. The van der Waals surface area contributed by atoms with Gasteiger partial charge < -0.3 is 14.8 Å². The van der Waals surface area contributed by atoms with Gasteiger partial charge in [-0.05, 0) is 18.2 Å². The molecule has 0 bridgehead atoms. The van der Waals surface area contributed by atoms with Gasteiger partial charge in [0.25, 0.3) is 0 Å². The van der Waals surface area contributed by atoms with Crippen LogP contribution in [0.2, 0.25) is 5.02 Å². The van der Waals surface area contributed by atoms with Gasteiger partial charge in [0.2, 0.25) is 5.82 Å². The van der Waals surface area contributed by atoms with Crippen molar-refractivity contribution >= 4 is 23.4 Å². The van der Waals surface area contributed by atoms with E-state index in [2.05, 4.69) is 20.0 Å². The van der Waals surface area contributed by atoms with Crippen LogP contribution in [-0.4, -0.2) is 30.2 Å². The topological polar surface area (TPSA) is 73.3 Å². The number of carbonyl (C=O) groups is 1. The van der Waals surface area contributed by atoms with Crippen LogP contribution in [0.25, 0.3) is 0 Å². The Labute approximate surface area is 127 Å². The van der Waals surface area contributed by atoms with E-state index in [4.69, 9.17) is 16.3 Å². The standard InChI is InChI=1S/C14H14ClN3O3/c1-20-11-5-3-4-10(15)9(11)8-17-12-6-7-16-13(18-12)14(19)21-2/h3-7H,8H2,1-2H3,(H,16,17,18). The smallest absolute Gasteiger partial charge is 0.376 e. The second-order valence-electron chi connectivity index (χ2n) is 4.03. The van der Waals surface area contributed by atoms with Crippen molar-refractivity contribution in [3.8, 4) is 5.75 Å². The first-order valence-corrected chi connectivity index (χ1v) is 6.50. The van der Waals surface area contributed by atoms with Crippen molar-refractivity contribution in [3.63, 3.8) is 0 Å². The highest BCUT2D eigenvalue weighted by Crippen LogP contribution is 2.26. The van der Waals surface area contributed by atoms with E-state index in [1.165, 1.54) is 13.3 Å². The van der Waals surface area contributed by atoms with Crippen molar-refractivity contribution in [1.29, 1.82) is 0 Å². The Balaban J connectivity index is 2.15. The summed E-state index contributed by atoms with van der Waals surface area (Å²) in [4.78, 5) is 19.3. The molecule has 0 fully saturated rings. The third kappa shape index (κ3) is 3.61. The highest BCUT2D eigenvalue weighted by Gasteiger charge is 2.11. The summed E-state index contributed by atoms with van der Waals surface area (Å²) in [5.74, 6) is 0.576. The largest absolute Gasteiger partial charge is 0.496 e. The number of anilines is 1. The van der Waals surface area contributed by atoms with E-state index in [1.807, 2.05) is 12.1 Å². The normalized spacial score (nSPS) is 10.0. The molecule has 2 rings (SSSR count). The number of ether oxygens (including phenoxy) is 2. The predicted molar refractivity (Wildman–Crippen MR) is 78.7 cm³/mol. The highest BCUT2D eigenvalue weighted by atomic mass is 35.5. The van der Waals surface area contributed by atoms with E-state index in [0.29, 0.717) is 23.1 Å². The monoisotopic (exact) mass is 307 g/mol. The number of nitrogens with one attached hydrogen (secondary N) is 1. The van der Waals surface area contributed by atoms with Crippen LogP contribution in [0.15, 0.2) is 30.5 Å². The van der Waals surface area contributed by atoms with Crippen LogP contribution in [0, 0.1) is 0 Å². The van der Waals surface area contributed by atoms with E-state index in [0.717, 1.165) is 5.56 Å². The molecule has 0 unspecified atom stereocenters. The molecule has 2 aromatic rings. The Hall–Kier alpha value is -2.34. The van der Waals surface area contributed by atoms with Crippen molar-refractivity contribution in [1.82, 2.24) is 9.97 Å². The zero-order valence-corrected chi connectivity index (χ0v) is 12.3. The van der Waals surface area contributed by atoms with Crippen LogP contribution in [-0.2, 0) is 11.3 Å². The second kappa shape index (κ2) is 6.90. The lowest BCUT2D eigenvalue weighted by Gasteiger charge is -2.11. The molecule has 0 saturated heterocycles. The predicted octanol–water partition coefficient (Wildman–Crippen LogP) is 2.54. The summed E-state index contributed by atoms with van der Waals surface area (Å²) < 4.78 is 9.84. The molecule has 7 heteroatoms. The number of rotatable bonds is 5. The second-order valence-corrected chi connectivity index (χ2v) is 4.44. The van der Waals surface area contributed by atoms with E-state index in [9.17, 15) is 4.79 Å². The molecular formula is C14H14ClN3O3. The van der Waals surface area contributed by atoms with Gasteiger partial charge in [-0.25, -0.2) is 14.8 Å². The summed E-state index contributed by atoms with van der Waals surface area (Å²) in [6.45, 7) is 0.403. The molecule has 1 N–H and O–H groups in total. The number of hydrogen-bond donors (Lipinski definition) is 1. The van der Waals surface area contributed by atoms with Gasteiger partial charge in [-0.1, -0.05) is 17.7 Å². The molecule has 6 nitrogen and oxygen atoms in total. The SMILES string of the molecule is COC(=O)c1nccc(NCc2c(Cl)cccc2OC)n1. The third-order valence-corrected chi connectivity index (χ3v) is 3.12. The molecule has 0 aliphatic heterocycles. The van der Waals surface area contributed by atoms with Crippen molar-refractivity contribution in [2.24, 2.45) is 0 Å². The number of halogens is 1. The molecular weight excluding hydrogens is 294 g/mol. The molecule has 110 valence electrons. The van der Waals surface area contributed by atoms with Crippen LogP contribution in [0.1, 0.15) is 16.2 Å². The number of methoxy groups -OCH3 is 2. The Morgan fingerprint density at radius 2 is 2.14 bits per heavy atom. The zero-order chi connectivity index (χ0) is 15.2. The van der Waals surface area contributed by atoms with Crippen LogP contribution in [0.5, 0.6) is 5.75 Å². The summed E-state index contributed by atoms with van der Waals surface area (Å²) >= 11 is 6.15. The van der Waals surface area contributed by atoms with Crippen LogP contribution >= 0.6 is 11.6 Å². The van der Waals surface area contributed by atoms with Gasteiger partial charge in [-0.15, -0.1) is 0 Å². The molecule has 0 aliphatic rings. The van der Waals surface area contributed by atoms with Gasteiger partial charge in [0.05, 0.1) is 14.2 Å². The van der Waals surface area contributed by atoms with Crippen LogP contribution in [0.3, 0.4) is 0 Å². The van der Waals surface area contributed by atoms with Gasteiger partial charge in [0.15, 0.2) is 0 Å². The number of carbonyl (C=O) groups excluding carboxylic acids is 1. The molecule has 0 spiro atoms. The first kappa shape index (κ1) is 15.1. The Morgan fingerprint density at radius 1 is 1.33 bits per heavy atom. The molecule has 1 heterocycles. The maximum atomic E-state index is 11.4. The molecule has 0 atom stereocenters. The van der Waals surface area contributed by atoms with Crippen LogP contribution < -0.4 is 10.1 Å². The van der Waals surface area contributed by atoms with Gasteiger partial charge in [0.1, 0.15) is 11.6 Å². The zero-order valence-electron chi connectivity index (χ0n) is 11.6. The van der Waals surface area contributed by atoms with E-state index >= 15 is 0 Å². The average Bonchev–Trinajstić information content (AvgIpc) is 2.53. The molecule has 1 aromatic carbocycles. The highest BCUT2D eigenvalue weighted by molar-refractivity contribution is 6.31. The average molecular weight is 308 g/mol. The quantitative estimate of drug-likeness (QED) is 0.856. The summed E-state index contributed by atoms with van der Waals surface area (Å²) in [6.07, 6.45) is 1.48. The molecule has 0 amide bonds. The first-order valence-electron chi connectivity index (χ1n) is 6.12. The molecule has 0 radical (unpaired) electrons. The van der Waals surface area contributed by atoms with Crippen LogP contribution in [0.4, 0.5) is 5.82 Å². The molecule has 1 aromatic heterocycles. The molecule has 0 aliphatic carbocycles. The van der Waals surface area contributed by atoms with Gasteiger partial charge in [-0.3, -0.25) is 0 Å². The number of benzene rings is 1. The summed E-state index contributed by atoms with van der Waals surface area (Å²) in [5.41, 5.74) is 0.805. The van der Waals surface area contributed by atoms with Gasteiger partial charge >= 0.3 is 5.97 Å². The van der Waals surface area contributed by atoms with E-state index < -0.39 is 5.97 Å². The lowest BCUT2D eigenvalue weighted by atomic mass is 10.2. The molecule has 0 saturated carbocycles. The minimum Gasteiger partial charge on any atom is -0.496 e. The van der Waals surface area contributed by atoms with Crippen molar-refractivity contribution < 1.29 is 14.3 Å². The molecule has 21 heavy (non-hydrogen) atoms.